The number of nitrogens with two attached hydrogens (primary N) is 1. The van der Waals surface area contributed by atoms with Crippen molar-refractivity contribution in [2.45, 2.75) is 45.3 Å². The van der Waals surface area contributed by atoms with Crippen LogP contribution in [0.4, 0.5) is 0 Å². The quantitative estimate of drug-likeness (QED) is 0.710. The first-order chi connectivity index (χ1) is 6.44. The van der Waals surface area contributed by atoms with E-state index in [1.54, 1.807) is 6.92 Å². The van der Waals surface area contributed by atoms with Gasteiger partial charge in [-0.1, -0.05) is 26.7 Å². The van der Waals surface area contributed by atoms with E-state index in [2.05, 4.69) is 6.92 Å². The molecular formula is C10H23NO2S. The number of sulfone groups is 1. The Bertz CT molecular complexity index is 237. The highest BCUT2D eigenvalue weighted by Gasteiger charge is 2.22. The molecule has 14 heavy (non-hydrogen) atoms. The molecular weight excluding hydrogens is 198 g/mol. The normalized spacial score (nSPS) is 16.6. The van der Waals surface area contributed by atoms with Crippen LogP contribution in [0.15, 0.2) is 0 Å². The van der Waals surface area contributed by atoms with Gasteiger partial charge in [0.1, 0.15) is 0 Å². The van der Waals surface area contributed by atoms with Crippen molar-refractivity contribution in [1.82, 2.24) is 0 Å². The molecule has 0 spiro atoms. The van der Waals surface area contributed by atoms with Crippen LogP contribution < -0.4 is 5.73 Å². The molecule has 0 aromatic rings. The van der Waals surface area contributed by atoms with Gasteiger partial charge in [0.2, 0.25) is 0 Å². The fraction of sp³-hybridized carbons (Fsp3) is 1.00. The molecule has 4 heteroatoms. The number of hydrogen-bond acceptors (Lipinski definition) is 3. The van der Waals surface area contributed by atoms with Gasteiger partial charge in [-0.05, 0) is 25.8 Å². The van der Waals surface area contributed by atoms with Crippen molar-refractivity contribution < 1.29 is 8.42 Å². The molecule has 2 unspecified atom stereocenters. The summed E-state index contributed by atoms with van der Waals surface area (Å²) in [6, 6.07) is 0. The second-order valence-corrected chi connectivity index (χ2v) is 6.58. The molecule has 2 atom stereocenters. The molecule has 0 bridgehead atoms. The lowest BCUT2D eigenvalue weighted by Crippen LogP contribution is -2.26. The first-order valence-corrected chi connectivity index (χ1v) is 7.07. The Kier molecular flexibility index (Phi) is 6.36. The first kappa shape index (κ1) is 13.9. The van der Waals surface area contributed by atoms with Crippen LogP contribution in [0.2, 0.25) is 0 Å². The summed E-state index contributed by atoms with van der Waals surface area (Å²) in [5, 5.41) is -0.285. The molecule has 2 N–H and O–H groups in total. The third-order valence-electron chi connectivity index (χ3n) is 2.48. The van der Waals surface area contributed by atoms with E-state index in [4.69, 9.17) is 5.73 Å². The van der Waals surface area contributed by atoms with Gasteiger partial charge in [-0.15, -0.1) is 0 Å². The molecule has 0 aromatic heterocycles. The van der Waals surface area contributed by atoms with Gasteiger partial charge in [0.25, 0.3) is 0 Å². The number of rotatable bonds is 7. The van der Waals surface area contributed by atoms with Crippen molar-refractivity contribution in [2.75, 3.05) is 12.3 Å². The molecule has 86 valence electrons. The van der Waals surface area contributed by atoms with Crippen LogP contribution in [-0.4, -0.2) is 26.0 Å². The van der Waals surface area contributed by atoms with E-state index < -0.39 is 9.84 Å². The fourth-order valence-corrected chi connectivity index (χ4v) is 3.33. The monoisotopic (exact) mass is 221 g/mol. The van der Waals surface area contributed by atoms with Gasteiger partial charge in [-0.2, -0.15) is 0 Å². The smallest absolute Gasteiger partial charge is 0.153 e. The second-order valence-electron chi connectivity index (χ2n) is 4.11. The largest absolute Gasteiger partial charge is 0.330 e. The Labute approximate surface area is 88.0 Å². The minimum absolute atomic E-state index is 0.269. The molecule has 0 aromatic carbocycles. The predicted molar refractivity (Wildman–Crippen MR) is 61.0 cm³/mol. The van der Waals surface area contributed by atoms with Crippen LogP contribution in [-0.2, 0) is 9.84 Å². The van der Waals surface area contributed by atoms with Crippen LogP contribution in [0.5, 0.6) is 0 Å². The Morgan fingerprint density at radius 2 is 1.79 bits per heavy atom. The summed E-state index contributed by atoms with van der Waals surface area (Å²) in [5.74, 6) is 0.576. The average Bonchev–Trinajstić information content (AvgIpc) is 2.03. The summed E-state index contributed by atoms with van der Waals surface area (Å²) in [6.45, 7) is 6.27. The van der Waals surface area contributed by atoms with E-state index in [-0.39, 0.29) is 11.2 Å². The van der Waals surface area contributed by atoms with Gasteiger partial charge in [-0.25, -0.2) is 8.42 Å². The maximum Gasteiger partial charge on any atom is 0.153 e. The summed E-state index contributed by atoms with van der Waals surface area (Å²) in [7, 11) is -2.92. The van der Waals surface area contributed by atoms with E-state index in [1.807, 2.05) is 6.92 Å². The molecule has 0 saturated heterocycles. The molecule has 0 aliphatic carbocycles. The SMILES string of the molecule is CCCC(C)CS(=O)(=O)C(C)CCN. The Morgan fingerprint density at radius 1 is 1.21 bits per heavy atom. The lowest BCUT2D eigenvalue weighted by Gasteiger charge is -2.15. The van der Waals surface area contributed by atoms with Crippen LogP contribution in [0.25, 0.3) is 0 Å². The summed E-state index contributed by atoms with van der Waals surface area (Å²) in [4.78, 5) is 0. The molecule has 0 amide bonds. The van der Waals surface area contributed by atoms with Crippen LogP contribution in [0.3, 0.4) is 0 Å². The summed E-state index contributed by atoms with van der Waals surface area (Å²) < 4.78 is 23.5. The third-order valence-corrected chi connectivity index (χ3v) is 4.98. The van der Waals surface area contributed by atoms with E-state index in [9.17, 15) is 8.42 Å². The van der Waals surface area contributed by atoms with Crippen molar-refractivity contribution in [3.63, 3.8) is 0 Å². The summed E-state index contributed by atoms with van der Waals surface area (Å²) in [6.07, 6.45) is 2.59. The van der Waals surface area contributed by atoms with Gasteiger partial charge in [-0.3, -0.25) is 0 Å². The molecule has 0 radical (unpaired) electrons. The van der Waals surface area contributed by atoms with E-state index >= 15 is 0 Å². The zero-order chi connectivity index (χ0) is 11.2. The maximum atomic E-state index is 11.8. The highest BCUT2D eigenvalue weighted by molar-refractivity contribution is 7.92. The Morgan fingerprint density at radius 3 is 2.21 bits per heavy atom. The van der Waals surface area contributed by atoms with Crippen LogP contribution in [0.1, 0.15) is 40.0 Å². The lowest BCUT2D eigenvalue weighted by molar-refractivity contribution is 0.535. The molecule has 0 aliphatic heterocycles. The van der Waals surface area contributed by atoms with E-state index in [1.165, 1.54) is 0 Å². The zero-order valence-electron chi connectivity index (χ0n) is 9.49. The van der Waals surface area contributed by atoms with Gasteiger partial charge < -0.3 is 5.73 Å². The topological polar surface area (TPSA) is 60.2 Å². The molecule has 0 rings (SSSR count). The maximum absolute atomic E-state index is 11.8. The van der Waals surface area contributed by atoms with Gasteiger partial charge in [0.05, 0.1) is 11.0 Å². The minimum Gasteiger partial charge on any atom is -0.330 e. The predicted octanol–water partition coefficient (Wildman–Crippen LogP) is 1.57. The zero-order valence-corrected chi connectivity index (χ0v) is 10.3. The van der Waals surface area contributed by atoms with Crippen molar-refractivity contribution in [3.8, 4) is 0 Å². The fourth-order valence-electron chi connectivity index (χ4n) is 1.55. The standard InChI is InChI=1S/C10H23NO2S/c1-4-5-9(2)8-14(12,13)10(3)6-7-11/h9-10H,4-8,11H2,1-3H3. The van der Waals surface area contributed by atoms with Crippen LogP contribution in [0, 0.1) is 5.92 Å². The summed E-state index contributed by atoms with van der Waals surface area (Å²) >= 11 is 0. The average molecular weight is 221 g/mol. The van der Waals surface area contributed by atoms with Crippen molar-refractivity contribution in [3.05, 3.63) is 0 Å². The minimum atomic E-state index is -2.92. The Hall–Kier alpha value is -0.0900. The van der Waals surface area contributed by atoms with Crippen LogP contribution >= 0.6 is 0 Å². The van der Waals surface area contributed by atoms with Gasteiger partial charge in [0.15, 0.2) is 9.84 Å². The third kappa shape index (κ3) is 4.96. The van der Waals surface area contributed by atoms with Crippen molar-refractivity contribution in [2.24, 2.45) is 11.7 Å². The summed E-state index contributed by atoms with van der Waals surface area (Å²) in [5.41, 5.74) is 5.35. The van der Waals surface area contributed by atoms with E-state index in [0.717, 1.165) is 12.8 Å². The van der Waals surface area contributed by atoms with Gasteiger partial charge in [0, 0.05) is 0 Å². The highest BCUT2D eigenvalue weighted by atomic mass is 32.2. The molecule has 0 fully saturated rings. The van der Waals surface area contributed by atoms with Crippen molar-refractivity contribution >= 4 is 9.84 Å². The van der Waals surface area contributed by atoms with Crippen molar-refractivity contribution in [1.29, 1.82) is 0 Å². The van der Waals surface area contributed by atoms with E-state index in [0.29, 0.717) is 18.7 Å². The first-order valence-electron chi connectivity index (χ1n) is 5.35. The molecule has 0 aliphatic rings. The highest BCUT2D eigenvalue weighted by Crippen LogP contribution is 2.14. The van der Waals surface area contributed by atoms with Gasteiger partial charge >= 0.3 is 0 Å². The molecule has 0 saturated carbocycles. The molecule has 3 nitrogen and oxygen atoms in total. The number of hydrogen-bond donors (Lipinski definition) is 1. The molecule has 0 heterocycles. The Balaban J connectivity index is 4.19. The second kappa shape index (κ2) is 6.40. The lowest BCUT2D eigenvalue weighted by atomic mass is 10.1.